The highest BCUT2D eigenvalue weighted by Crippen LogP contribution is 2.37. The van der Waals surface area contributed by atoms with Crippen LogP contribution in [0.2, 0.25) is 0 Å². The molecule has 3 nitrogen and oxygen atoms in total. The first-order chi connectivity index (χ1) is 7.73. The van der Waals surface area contributed by atoms with E-state index in [1.165, 1.54) is 0 Å². The van der Waals surface area contributed by atoms with Crippen LogP contribution in [0.5, 0.6) is 0 Å². The SMILES string of the molecule is CC1(C)OB(c2cc(N)ccc2Br)OC1(C)C. The van der Waals surface area contributed by atoms with E-state index in [1.807, 2.05) is 45.9 Å². The number of benzene rings is 1. The summed E-state index contributed by atoms with van der Waals surface area (Å²) in [6.45, 7) is 8.14. The molecule has 0 aromatic heterocycles. The van der Waals surface area contributed by atoms with E-state index in [2.05, 4.69) is 15.9 Å². The van der Waals surface area contributed by atoms with Crippen LogP contribution in [-0.2, 0) is 9.31 Å². The van der Waals surface area contributed by atoms with Gasteiger partial charge in [0.05, 0.1) is 11.2 Å². The van der Waals surface area contributed by atoms with E-state index in [1.54, 1.807) is 0 Å². The number of hydrogen-bond donors (Lipinski definition) is 1. The lowest BCUT2D eigenvalue weighted by Gasteiger charge is -2.32. The first-order valence-corrected chi connectivity index (χ1v) is 6.43. The van der Waals surface area contributed by atoms with Crippen LogP contribution in [0.3, 0.4) is 0 Å². The lowest BCUT2D eigenvalue weighted by atomic mass is 9.79. The Hall–Kier alpha value is -0.515. The summed E-state index contributed by atoms with van der Waals surface area (Å²) >= 11 is 3.50. The second-order valence-corrected chi connectivity index (χ2v) is 6.22. The number of hydrogen-bond acceptors (Lipinski definition) is 3. The van der Waals surface area contributed by atoms with Crippen LogP contribution < -0.4 is 11.2 Å². The van der Waals surface area contributed by atoms with Crippen LogP contribution in [-0.4, -0.2) is 18.3 Å². The van der Waals surface area contributed by atoms with Crippen LogP contribution in [0.4, 0.5) is 5.69 Å². The predicted molar refractivity (Wildman–Crippen MR) is 74.3 cm³/mol. The molecule has 0 spiro atoms. The Kier molecular flexibility index (Phi) is 3.05. The van der Waals surface area contributed by atoms with Crippen molar-refractivity contribution in [2.45, 2.75) is 38.9 Å². The second kappa shape index (κ2) is 4.00. The van der Waals surface area contributed by atoms with Crippen LogP contribution in [0.25, 0.3) is 0 Å². The standard InChI is InChI=1S/C12H17BBrNO2/c1-11(2)12(3,4)17-13(16-11)9-7-8(15)5-6-10(9)14/h5-7H,15H2,1-4H3. The van der Waals surface area contributed by atoms with Gasteiger partial charge in [0.25, 0.3) is 0 Å². The van der Waals surface area contributed by atoms with Crippen molar-refractivity contribution in [2.24, 2.45) is 0 Å². The van der Waals surface area contributed by atoms with Gasteiger partial charge < -0.3 is 15.0 Å². The molecule has 2 rings (SSSR count). The van der Waals surface area contributed by atoms with Gasteiger partial charge in [0.15, 0.2) is 0 Å². The number of nitrogens with two attached hydrogens (primary N) is 1. The number of rotatable bonds is 1. The van der Waals surface area contributed by atoms with Crippen molar-refractivity contribution in [2.75, 3.05) is 5.73 Å². The summed E-state index contributed by atoms with van der Waals surface area (Å²) in [5.74, 6) is 0. The molecule has 0 atom stereocenters. The third-order valence-electron chi connectivity index (χ3n) is 3.53. The van der Waals surface area contributed by atoms with Crippen molar-refractivity contribution in [3.05, 3.63) is 22.7 Å². The Morgan fingerprint density at radius 1 is 1.12 bits per heavy atom. The normalized spacial score (nSPS) is 21.8. The average Bonchev–Trinajstić information content (AvgIpc) is 2.40. The van der Waals surface area contributed by atoms with Crippen LogP contribution in [0, 0.1) is 0 Å². The van der Waals surface area contributed by atoms with Gasteiger partial charge in [-0.1, -0.05) is 15.9 Å². The number of anilines is 1. The molecule has 1 aromatic carbocycles. The van der Waals surface area contributed by atoms with Crippen molar-refractivity contribution >= 4 is 34.2 Å². The molecule has 1 saturated heterocycles. The Bertz CT molecular complexity index is 432. The number of nitrogen functional groups attached to an aromatic ring is 1. The van der Waals surface area contributed by atoms with E-state index in [4.69, 9.17) is 15.0 Å². The minimum absolute atomic E-state index is 0.332. The molecule has 1 aliphatic heterocycles. The Labute approximate surface area is 111 Å². The minimum Gasteiger partial charge on any atom is -0.399 e. The van der Waals surface area contributed by atoms with Crippen molar-refractivity contribution in [3.8, 4) is 0 Å². The smallest absolute Gasteiger partial charge is 0.399 e. The quantitative estimate of drug-likeness (QED) is 0.639. The van der Waals surface area contributed by atoms with Crippen LogP contribution in [0.1, 0.15) is 27.7 Å². The minimum atomic E-state index is -0.377. The van der Waals surface area contributed by atoms with Gasteiger partial charge in [-0.15, -0.1) is 0 Å². The molecule has 1 aliphatic rings. The molecule has 0 bridgehead atoms. The molecular weight excluding hydrogens is 281 g/mol. The molecule has 1 heterocycles. The summed E-state index contributed by atoms with van der Waals surface area (Å²) in [5.41, 5.74) is 6.78. The molecule has 0 radical (unpaired) electrons. The summed E-state index contributed by atoms with van der Waals surface area (Å²) in [6, 6.07) is 5.64. The molecule has 1 aromatic rings. The fourth-order valence-corrected chi connectivity index (χ4v) is 2.15. The molecular formula is C12H17BBrNO2. The zero-order valence-corrected chi connectivity index (χ0v) is 12.2. The lowest BCUT2D eigenvalue weighted by Crippen LogP contribution is -2.41. The molecule has 2 N–H and O–H groups in total. The van der Waals surface area contributed by atoms with E-state index >= 15 is 0 Å². The van der Waals surface area contributed by atoms with E-state index in [0.717, 1.165) is 9.94 Å². The van der Waals surface area contributed by atoms with Crippen LogP contribution >= 0.6 is 15.9 Å². The van der Waals surface area contributed by atoms with E-state index in [0.29, 0.717) is 5.69 Å². The Morgan fingerprint density at radius 3 is 2.18 bits per heavy atom. The average molecular weight is 298 g/mol. The summed E-state index contributed by atoms with van der Waals surface area (Å²) in [7, 11) is -0.377. The second-order valence-electron chi connectivity index (χ2n) is 5.37. The van der Waals surface area contributed by atoms with E-state index < -0.39 is 0 Å². The predicted octanol–water partition coefficient (Wildman–Crippen LogP) is 2.33. The maximum atomic E-state index is 5.98. The van der Waals surface area contributed by atoms with Gasteiger partial charge in [0.1, 0.15) is 0 Å². The van der Waals surface area contributed by atoms with Crippen LogP contribution in [0.15, 0.2) is 22.7 Å². The third kappa shape index (κ3) is 2.24. The highest BCUT2D eigenvalue weighted by atomic mass is 79.9. The van der Waals surface area contributed by atoms with Gasteiger partial charge in [0.2, 0.25) is 0 Å². The van der Waals surface area contributed by atoms with E-state index in [9.17, 15) is 0 Å². The Balaban J connectivity index is 2.35. The molecule has 92 valence electrons. The van der Waals surface area contributed by atoms with Gasteiger partial charge in [-0.2, -0.15) is 0 Å². The van der Waals surface area contributed by atoms with Gasteiger partial charge in [-0.3, -0.25) is 0 Å². The monoisotopic (exact) mass is 297 g/mol. The lowest BCUT2D eigenvalue weighted by molar-refractivity contribution is 0.00578. The highest BCUT2D eigenvalue weighted by Gasteiger charge is 2.52. The molecule has 5 heteroatoms. The molecule has 0 aliphatic carbocycles. The first kappa shape index (κ1) is 12.9. The topological polar surface area (TPSA) is 44.5 Å². The van der Waals surface area contributed by atoms with Crippen molar-refractivity contribution < 1.29 is 9.31 Å². The molecule has 0 amide bonds. The fourth-order valence-electron chi connectivity index (χ4n) is 1.71. The summed E-state index contributed by atoms with van der Waals surface area (Å²) in [6.07, 6.45) is 0. The van der Waals surface area contributed by atoms with Gasteiger partial charge in [0, 0.05) is 10.2 Å². The van der Waals surface area contributed by atoms with Gasteiger partial charge in [-0.05, 0) is 51.4 Å². The van der Waals surface area contributed by atoms with Crippen molar-refractivity contribution in [1.82, 2.24) is 0 Å². The number of halogens is 1. The maximum Gasteiger partial charge on any atom is 0.496 e. The zero-order valence-electron chi connectivity index (χ0n) is 10.6. The summed E-state index contributed by atoms with van der Waals surface area (Å²) < 4.78 is 12.9. The third-order valence-corrected chi connectivity index (χ3v) is 4.25. The Morgan fingerprint density at radius 2 is 1.65 bits per heavy atom. The highest BCUT2D eigenvalue weighted by molar-refractivity contribution is 9.10. The van der Waals surface area contributed by atoms with Gasteiger partial charge in [-0.25, -0.2) is 0 Å². The molecule has 1 fully saturated rings. The summed E-state index contributed by atoms with van der Waals surface area (Å²) in [4.78, 5) is 0. The van der Waals surface area contributed by atoms with Gasteiger partial charge >= 0.3 is 7.12 Å². The maximum absolute atomic E-state index is 5.98. The zero-order chi connectivity index (χ0) is 12.8. The molecule has 0 unspecified atom stereocenters. The summed E-state index contributed by atoms with van der Waals surface area (Å²) in [5, 5.41) is 0. The molecule has 0 saturated carbocycles. The van der Waals surface area contributed by atoms with Crippen molar-refractivity contribution in [1.29, 1.82) is 0 Å². The first-order valence-electron chi connectivity index (χ1n) is 5.63. The molecule has 17 heavy (non-hydrogen) atoms. The van der Waals surface area contributed by atoms with Crippen molar-refractivity contribution in [3.63, 3.8) is 0 Å². The van der Waals surface area contributed by atoms with E-state index in [-0.39, 0.29) is 18.3 Å². The fraction of sp³-hybridized carbons (Fsp3) is 0.500. The largest absolute Gasteiger partial charge is 0.496 e.